The van der Waals surface area contributed by atoms with E-state index in [1.807, 2.05) is 0 Å². The Kier molecular flexibility index (Phi) is 3.55. The number of hydrogen-bond acceptors (Lipinski definition) is 3. The van der Waals surface area contributed by atoms with Crippen LogP contribution in [-0.4, -0.2) is 17.7 Å². The molecule has 1 saturated carbocycles. The highest BCUT2D eigenvalue weighted by Gasteiger charge is 2.31. The predicted octanol–water partition coefficient (Wildman–Crippen LogP) is 2.38. The van der Waals surface area contributed by atoms with Gasteiger partial charge in [0.2, 0.25) is 0 Å². The van der Waals surface area contributed by atoms with Crippen molar-refractivity contribution in [1.29, 1.82) is 0 Å². The highest BCUT2D eigenvalue weighted by molar-refractivity contribution is 5.05. The first-order valence-electron chi connectivity index (χ1n) is 7.25. The highest BCUT2D eigenvalue weighted by Crippen LogP contribution is 2.34. The summed E-state index contributed by atoms with van der Waals surface area (Å²) >= 11 is 0. The lowest BCUT2D eigenvalue weighted by atomic mass is 9.77. The zero-order chi connectivity index (χ0) is 12.4. The molecule has 0 bridgehead atoms. The molecule has 2 fully saturated rings. The van der Waals surface area contributed by atoms with E-state index < -0.39 is 0 Å². The second-order valence-corrected chi connectivity index (χ2v) is 5.80. The number of hydrogen-bond donors (Lipinski definition) is 2. The molecule has 0 unspecified atom stereocenters. The van der Waals surface area contributed by atoms with Crippen LogP contribution in [0.5, 0.6) is 0 Å². The van der Waals surface area contributed by atoms with Crippen LogP contribution in [0.2, 0.25) is 0 Å². The molecule has 1 aromatic rings. The van der Waals surface area contributed by atoms with Crippen LogP contribution in [0.15, 0.2) is 15.4 Å². The monoisotopic (exact) mass is 250 g/mol. The molecule has 4 heteroatoms. The Morgan fingerprint density at radius 1 is 1.17 bits per heavy atom. The fourth-order valence-corrected chi connectivity index (χ4v) is 3.60. The van der Waals surface area contributed by atoms with E-state index in [-0.39, 0.29) is 5.56 Å². The average Bonchev–Trinajstić information content (AvgIpc) is 2.87. The molecule has 0 radical (unpaired) electrons. The quantitative estimate of drug-likeness (QED) is 0.847. The number of aromatic nitrogens is 1. The maximum absolute atomic E-state index is 11.2. The van der Waals surface area contributed by atoms with Crippen molar-refractivity contribution >= 4 is 0 Å². The molecule has 4 nitrogen and oxygen atoms in total. The summed E-state index contributed by atoms with van der Waals surface area (Å²) in [5.41, 5.74) is -0.113. The molecule has 0 amide bonds. The largest absolute Gasteiger partial charge is 0.383 e. The number of nitrogens with one attached hydrogen (secondary N) is 2. The van der Waals surface area contributed by atoms with Crippen molar-refractivity contribution in [2.75, 3.05) is 6.54 Å². The average molecular weight is 250 g/mol. The summed E-state index contributed by atoms with van der Waals surface area (Å²) in [5.74, 6) is 2.09. The van der Waals surface area contributed by atoms with Gasteiger partial charge in [-0.3, -0.25) is 4.79 Å². The Morgan fingerprint density at radius 3 is 2.72 bits per heavy atom. The number of rotatable bonds is 2. The zero-order valence-electron chi connectivity index (χ0n) is 10.8. The Bertz CT molecular complexity index is 431. The van der Waals surface area contributed by atoms with E-state index in [9.17, 15) is 4.79 Å². The van der Waals surface area contributed by atoms with E-state index >= 15 is 0 Å². The van der Waals surface area contributed by atoms with Crippen LogP contribution >= 0.6 is 0 Å². The zero-order valence-corrected chi connectivity index (χ0v) is 10.8. The standard InChI is InChI=1S/C14H22N2O2/c17-14-9-13(18-16-14)11-6-7-15-12(8-11)10-4-2-1-3-5-10/h9-12,15H,1-8H2,(H,16,17)/t11-,12-/m0/s1. The molecule has 0 spiro atoms. The second-order valence-electron chi connectivity index (χ2n) is 5.80. The summed E-state index contributed by atoms with van der Waals surface area (Å²) in [7, 11) is 0. The molecule has 1 aromatic heterocycles. The van der Waals surface area contributed by atoms with Crippen molar-refractivity contribution in [2.24, 2.45) is 5.92 Å². The molecule has 1 aliphatic carbocycles. The van der Waals surface area contributed by atoms with Gasteiger partial charge in [0.25, 0.3) is 5.56 Å². The summed E-state index contributed by atoms with van der Waals surface area (Å²) in [5, 5.41) is 6.07. The molecule has 18 heavy (non-hydrogen) atoms. The van der Waals surface area contributed by atoms with Gasteiger partial charge in [-0.05, 0) is 38.1 Å². The van der Waals surface area contributed by atoms with Gasteiger partial charge in [-0.1, -0.05) is 19.3 Å². The van der Waals surface area contributed by atoms with Gasteiger partial charge in [-0.25, -0.2) is 0 Å². The van der Waals surface area contributed by atoms with Crippen molar-refractivity contribution in [1.82, 2.24) is 10.5 Å². The number of aromatic amines is 1. The molecule has 1 saturated heterocycles. The van der Waals surface area contributed by atoms with Gasteiger partial charge in [0.15, 0.2) is 0 Å². The first-order valence-corrected chi connectivity index (χ1v) is 7.25. The van der Waals surface area contributed by atoms with E-state index in [1.54, 1.807) is 6.07 Å². The summed E-state index contributed by atoms with van der Waals surface area (Å²) < 4.78 is 5.27. The van der Waals surface area contributed by atoms with Gasteiger partial charge in [0.1, 0.15) is 5.76 Å². The van der Waals surface area contributed by atoms with Crippen LogP contribution in [0.3, 0.4) is 0 Å². The Hall–Kier alpha value is -1.03. The minimum Gasteiger partial charge on any atom is -0.383 e. The van der Waals surface area contributed by atoms with Crippen LogP contribution in [-0.2, 0) is 0 Å². The van der Waals surface area contributed by atoms with Crippen LogP contribution in [0.1, 0.15) is 56.6 Å². The van der Waals surface area contributed by atoms with E-state index in [4.69, 9.17) is 4.52 Å². The normalized spacial score (nSPS) is 30.4. The predicted molar refractivity (Wildman–Crippen MR) is 69.7 cm³/mol. The molecule has 1 aliphatic heterocycles. The lowest BCUT2D eigenvalue weighted by Gasteiger charge is -2.36. The van der Waals surface area contributed by atoms with Crippen LogP contribution in [0.4, 0.5) is 0 Å². The summed E-state index contributed by atoms with van der Waals surface area (Å²) in [6.07, 6.45) is 9.08. The van der Waals surface area contributed by atoms with E-state index in [0.717, 1.165) is 31.1 Å². The van der Waals surface area contributed by atoms with Crippen LogP contribution < -0.4 is 10.9 Å². The van der Waals surface area contributed by atoms with E-state index in [0.29, 0.717) is 12.0 Å². The lowest BCUT2D eigenvalue weighted by molar-refractivity contribution is 0.207. The highest BCUT2D eigenvalue weighted by atomic mass is 16.5. The Labute approximate surface area is 107 Å². The van der Waals surface area contributed by atoms with E-state index in [1.165, 1.54) is 32.1 Å². The maximum atomic E-state index is 11.2. The van der Waals surface area contributed by atoms with Crippen molar-refractivity contribution in [3.8, 4) is 0 Å². The Balaban J connectivity index is 1.66. The third kappa shape index (κ3) is 2.53. The third-order valence-corrected chi connectivity index (χ3v) is 4.60. The molecular formula is C14H22N2O2. The lowest BCUT2D eigenvalue weighted by Crippen LogP contribution is -2.43. The van der Waals surface area contributed by atoms with Crippen molar-refractivity contribution in [3.05, 3.63) is 22.2 Å². The van der Waals surface area contributed by atoms with Gasteiger partial charge in [-0.15, -0.1) is 0 Å². The fraction of sp³-hybridized carbons (Fsp3) is 0.786. The molecule has 2 atom stereocenters. The third-order valence-electron chi connectivity index (χ3n) is 4.60. The van der Waals surface area contributed by atoms with Gasteiger partial charge in [-0.2, -0.15) is 5.16 Å². The molecule has 2 heterocycles. The topological polar surface area (TPSA) is 58.0 Å². The van der Waals surface area contributed by atoms with Crippen LogP contribution in [0.25, 0.3) is 0 Å². The summed E-state index contributed by atoms with van der Waals surface area (Å²) in [6.45, 7) is 1.04. The Morgan fingerprint density at radius 2 is 2.00 bits per heavy atom. The van der Waals surface area contributed by atoms with E-state index in [2.05, 4.69) is 10.5 Å². The minimum atomic E-state index is -0.113. The number of H-pyrrole nitrogens is 1. The van der Waals surface area contributed by atoms with Crippen molar-refractivity contribution in [2.45, 2.75) is 56.9 Å². The smallest absolute Gasteiger partial charge is 0.280 e. The fourth-order valence-electron chi connectivity index (χ4n) is 3.60. The van der Waals surface area contributed by atoms with Crippen molar-refractivity contribution < 1.29 is 4.52 Å². The summed E-state index contributed by atoms with van der Waals surface area (Å²) in [4.78, 5) is 11.2. The maximum Gasteiger partial charge on any atom is 0.280 e. The second kappa shape index (κ2) is 5.31. The first-order chi connectivity index (χ1) is 8.83. The molecule has 0 aromatic carbocycles. The SMILES string of the molecule is O=c1cc([C@H]2CCN[C@H](C3CCCCC3)C2)o[nH]1. The molecular weight excluding hydrogens is 228 g/mol. The van der Waals surface area contributed by atoms with Gasteiger partial charge in [0, 0.05) is 18.0 Å². The van der Waals surface area contributed by atoms with Crippen LogP contribution in [0, 0.1) is 5.92 Å². The van der Waals surface area contributed by atoms with Gasteiger partial charge >= 0.3 is 0 Å². The van der Waals surface area contributed by atoms with Crippen molar-refractivity contribution in [3.63, 3.8) is 0 Å². The first kappa shape index (κ1) is 12.0. The van der Waals surface area contributed by atoms with Gasteiger partial charge in [0.05, 0.1) is 0 Å². The van der Waals surface area contributed by atoms with Gasteiger partial charge < -0.3 is 9.84 Å². The molecule has 2 aliphatic rings. The molecule has 3 rings (SSSR count). The molecule has 100 valence electrons. The molecule has 2 N–H and O–H groups in total. The minimum absolute atomic E-state index is 0.113. The summed E-state index contributed by atoms with van der Waals surface area (Å²) in [6, 6.07) is 2.23. The number of piperidine rings is 1.